The van der Waals surface area contributed by atoms with Gasteiger partial charge < -0.3 is 14.8 Å². The predicted octanol–water partition coefficient (Wildman–Crippen LogP) is 0.567. The van der Waals surface area contributed by atoms with Gasteiger partial charge in [0.15, 0.2) is 0 Å². The van der Waals surface area contributed by atoms with E-state index in [1.807, 2.05) is 19.1 Å². The van der Waals surface area contributed by atoms with E-state index in [1.165, 1.54) is 0 Å². The van der Waals surface area contributed by atoms with Crippen molar-refractivity contribution in [3.8, 4) is 0 Å². The maximum absolute atomic E-state index is 5.45. The van der Waals surface area contributed by atoms with Gasteiger partial charge in [0.2, 0.25) is 0 Å². The predicted molar refractivity (Wildman–Crippen MR) is 48.2 cm³/mol. The zero-order valence-corrected chi connectivity index (χ0v) is 7.58. The Morgan fingerprint density at radius 3 is 3.25 bits per heavy atom. The van der Waals surface area contributed by atoms with Crippen LogP contribution in [-0.2, 0) is 9.47 Å². The van der Waals surface area contributed by atoms with Gasteiger partial charge >= 0.3 is 0 Å². The topological polar surface area (TPSA) is 30.5 Å². The number of hydrogen-bond acceptors (Lipinski definition) is 3. The Balaban J connectivity index is 1.97. The van der Waals surface area contributed by atoms with Crippen LogP contribution < -0.4 is 5.32 Å². The third-order valence-corrected chi connectivity index (χ3v) is 1.76. The second-order valence-corrected chi connectivity index (χ2v) is 2.80. The van der Waals surface area contributed by atoms with E-state index in [2.05, 4.69) is 5.32 Å². The molecular formula is C9H17NO2. The molecule has 0 bridgehead atoms. The Hall–Kier alpha value is -0.380. The highest BCUT2D eigenvalue weighted by molar-refractivity contribution is 4.76. The first-order chi connectivity index (χ1) is 5.93. The molecule has 0 aromatic rings. The van der Waals surface area contributed by atoms with Crippen molar-refractivity contribution in [2.75, 3.05) is 32.9 Å². The summed E-state index contributed by atoms with van der Waals surface area (Å²) in [4.78, 5) is 0. The largest absolute Gasteiger partial charge is 0.375 e. The molecule has 1 saturated heterocycles. The summed E-state index contributed by atoms with van der Waals surface area (Å²) in [5.74, 6) is 0. The molecule has 12 heavy (non-hydrogen) atoms. The number of allylic oxidation sites excluding steroid dienone is 1. The molecule has 3 nitrogen and oxygen atoms in total. The Morgan fingerprint density at radius 1 is 1.67 bits per heavy atom. The van der Waals surface area contributed by atoms with Gasteiger partial charge in [-0.1, -0.05) is 12.2 Å². The number of hydrogen-bond donors (Lipinski definition) is 1. The van der Waals surface area contributed by atoms with E-state index < -0.39 is 0 Å². The van der Waals surface area contributed by atoms with Crippen LogP contribution in [0.4, 0.5) is 0 Å². The van der Waals surface area contributed by atoms with Crippen molar-refractivity contribution >= 4 is 0 Å². The lowest BCUT2D eigenvalue weighted by atomic mass is 10.3. The van der Waals surface area contributed by atoms with E-state index in [1.54, 1.807) is 0 Å². The van der Waals surface area contributed by atoms with E-state index in [-0.39, 0.29) is 6.10 Å². The SMILES string of the molecule is C/C=C/COCC1CNCCO1. The lowest BCUT2D eigenvalue weighted by Crippen LogP contribution is -2.41. The quantitative estimate of drug-likeness (QED) is 0.495. The fraction of sp³-hybridized carbons (Fsp3) is 0.778. The van der Waals surface area contributed by atoms with Crippen LogP contribution in [0.1, 0.15) is 6.92 Å². The van der Waals surface area contributed by atoms with Gasteiger partial charge in [0.05, 0.1) is 25.9 Å². The Kier molecular flexibility index (Phi) is 4.99. The molecule has 3 heteroatoms. The van der Waals surface area contributed by atoms with Crippen LogP contribution in [0.25, 0.3) is 0 Å². The van der Waals surface area contributed by atoms with E-state index >= 15 is 0 Å². The molecule has 0 radical (unpaired) electrons. The highest BCUT2D eigenvalue weighted by Gasteiger charge is 2.12. The molecule has 1 rings (SSSR count). The third kappa shape index (κ3) is 3.85. The van der Waals surface area contributed by atoms with Crippen molar-refractivity contribution in [3.05, 3.63) is 12.2 Å². The second-order valence-electron chi connectivity index (χ2n) is 2.80. The molecular weight excluding hydrogens is 154 g/mol. The molecule has 1 unspecified atom stereocenters. The van der Waals surface area contributed by atoms with Crippen molar-refractivity contribution in [1.29, 1.82) is 0 Å². The molecule has 0 aromatic carbocycles. The van der Waals surface area contributed by atoms with Crippen molar-refractivity contribution < 1.29 is 9.47 Å². The second kappa shape index (κ2) is 6.17. The molecule has 0 aromatic heterocycles. The minimum Gasteiger partial charge on any atom is -0.375 e. The average molecular weight is 171 g/mol. The van der Waals surface area contributed by atoms with Gasteiger partial charge in [-0.05, 0) is 6.92 Å². The molecule has 0 aliphatic carbocycles. The summed E-state index contributed by atoms with van der Waals surface area (Å²) in [5, 5.41) is 3.25. The van der Waals surface area contributed by atoms with Crippen molar-refractivity contribution in [1.82, 2.24) is 5.32 Å². The molecule has 1 fully saturated rings. The van der Waals surface area contributed by atoms with Gasteiger partial charge in [0.1, 0.15) is 0 Å². The van der Waals surface area contributed by atoms with Crippen LogP contribution >= 0.6 is 0 Å². The fourth-order valence-electron chi connectivity index (χ4n) is 1.09. The molecule has 70 valence electrons. The minimum atomic E-state index is 0.240. The van der Waals surface area contributed by atoms with E-state index in [0.717, 1.165) is 19.7 Å². The highest BCUT2D eigenvalue weighted by Crippen LogP contribution is 1.96. The van der Waals surface area contributed by atoms with Gasteiger partial charge in [-0.3, -0.25) is 0 Å². The molecule has 0 saturated carbocycles. The monoisotopic (exact) mass is 171 g/mol. The first kappa shape index (κ1) is 9.71. The van der Waals surface area contributed by atoms with Crippen molar-refractivity contribution in [2.24, 2.45) is 0 Å². The Morgan fingerprint density at radius 2 is 2.58 bits per heavy atom. The first-order valence-electron chi connectivity index (χ1n) is 4.44. The smallest absolute Gasteiger partial charge is 0.0933 e. The lowest BCUT2D eigenvalue weighted by Gasteiger charge is -2.23. The van der Waals surface area contributed by atoms with Crippen LogP contribution in [-0.4, -0.2) is 39.0 Å². The van der Waals surface area contributed by atoms with Gasteiger partial charge in [-0.25, -0.2) is 0 Å². The van der Waals surface area contributed by atoms with E-state index in [4.69, 9.17) is 9.47 Å². The summed E-state index contributed by atoms with van der Waals surface area (Å²) in [5.41, 5.74) is 0. The summed E-state index contributed by atoms with van der Waals surface area (Å²) in [6.45, 7) is 6.05. The van der Waals surface area contributed by atoms with Crippen LogP contribution in [0.15, 0.2) is 12.2 Å². The lowest BCUT2D eigenvalue weighted by molar-refractivity contribution is -0.0257. The molecule has 1 heterocycles. The van der Waals surface area contributed by atoms with Crippen molar-refractivity contribution in [3.63, 3.8) is 0 Å². The zero-order chi connectivity index (χ0) is 8.65. The summed E-state index contributed by atoms with van der Waals surface area (Å²) >= 11 is 0. The zero-order valence-electron chi connectivity index (χ0n) is 7.58. The van der Waals surface area contributed by atoms with Gasteiger partial charge in [0.25, 0.3) is 0 Å². The number of rotatable bonds is 4. The standard InChI is InChI=1S/C9H17NO2/c1-2-3-5-11-8-9-7-10-4-6-12-9/h2-3,9-10H,4-8H2,1H3/b3-2+. The number of nitrogens with one attached hydrogen (secondary N) is 1. The summed E-state index contributed by atoms with van der Waals surface area (Å²) in [7, 11) is 0. The summed E-state index contributed by atoms with van der Waals surface area (Å²) in [6, 6.07) is 0. The Bertz CT molecular complexity index is 130. The number of ether oxygens (including phenoxy) is 2. The maximum Gasteiger partial charge on any atom is 0.0933 e. The molecule has 1 atom stereocenters. The molecule has 0 amide bonds. The van der Waals surface area contributed by atoms with Crippen LogP contribution in [0.3, 0.4) is 0 Å². The maximum atomic E-state index is 5.45. The first-order valence-corrected chi connectivity index (χ1v) is 4.44. The third-order valence-electron chi connectivity index (χ3n) is 1.76. The van der Waals surface area contributed by atoms with Crippen LogP contribution in [0, 0.1) is 0 Å². The van der Waals surface area contributed by atoms with Crippen LogP contribution in [0.5, 0.6) is 0 Å². The van der Waals surface area contributed by atoms with Gasteiger partial charge in [-0.15, -0.1) is 0 Å². The van der Waals surface area contributed by atoms with Crippen molar-refractivity contribution in [2.45, 2.75) is 13.0 Å². The summed E-state index contributed by atoms with van der Waals surface area (Å²) in [6.07, 6.45) is 4.22. The van der Waals surface area contributed by atoms with E-state index in [0.29, 0.717) is 13.2 Å². The summed E-state index contributed by atoms with van der Waals surface area (Å²) < 4.78 is 10.8. The average Bonchev–Trinajstić information content (AvgIpc) is 2.14. The fourth-order valence-corrected chi connectivity index (χ4v) is 1.09. The van der Waals surface area contributed by atoms with E-state index in [9.17, 15) is 0 Å². The molecule has 0 spiro atoms. The molecule has 1 N–H and O–H groups in total. The normalized spacial score (nSPS) is 24.9. The number of morpholine rings is 1. The molecule has 1 aliphatic heterocycles. The Labute approximate surface area is 73.7 Å². The minimum absolute atomic E-state index is 0.240. The van der Waals surface area contributed by atoms with Gasteiger partial charge in [0, 0.05) is 13.1 Å². The van der Waals surface area contributed by atoms with Gasteiger partial charge in [-0.2, -0.15) is 0 Å². The highest BCUT2D eigenvalue weighted by atomic mass is 16.5. The molecule has 1 aliphatic rings. The van der Waals surface area contributed by atoms with Crippen LogP contribution in [0.2, 0.25) is 0 Å².